The van der Waals surface area contributed by atoms with Crippen molar-refractivity contribution in [3.8, 4) is 0 Å². The lowest BCUT2D eigenvalue weighted by Crippen LogP contribution is -2.46. The third kappa shape index (κ3) is 3.23. The number of nitrogens with one attached hydrogen (secondary N) is 1. The van der Waals surface area contributed by atoms with Gasteiger partial charge in [-0.2, -0.15) is 0 Å². The number of aryl methyl sites for hydroxylation is 1. The van der Waals surface area contributed by atoms with E-state index >= 15 is 0 Å². The standard InChI is InChI=1S/C16H24N2OS/c19-16(9-1-5-13-6-4-12-20-13)18-11-3-8-15(18)14-7-2-10-17-14/h4,6,12,14-15,17H,1-3,5,7-11H2. The van der Waals surface area contributed by atoms with Crippen LogP contribution >= 0.6 is 11.3 Å². The van der Waals surface area contributed by atoms with Crippen molar-refractivity contribution in [2.24, 2.45) is 0 Å². The van der Waals surface area contributed by atoms with Crippen molar-refractivity contribution in [1.29, 1.82) is 0 Å². The van der Waals surface area contributed by atoms with Crippen LogP contribution in [0.4, 0.5) is 0 Å². The molecule has 2 saturated heterocycles. The minimum Gasteiger partial charge on any atom is -0.338 e. The minimum atomic E-state index is 0.373. The molecular weight excluding hydrogens is 268 g/mol. The van der Waals surface area contributed by atoms with E-state index in [1.54, 1.807) is 11.3 Å². The van der Waals surface area contributed by atoms with Crippen LogP contribution < -0.4 is 5.32 Å². The van der Waals surface area contributed by atoms with Crippen molar-refractivity contribution in [2.75, 3.05) is 13.1 Å². The second-order valence-electron chi connectivity index (χ2n) is 5.93. The van der Waals surface area contributed by atoms with E-state index in [1.165, 1.54) is 30.6 Å². The molecule has 2 aliphatic heterocycles. The quantitative estimate of drug-likeness (QED) is 0.905. The molecular formula is C16H24N2OS. The highest BCUT2D eigenvalue weighted by Crippen LogP contribution is 2.26. The molecule has 0 bridgehead atoms. The van der Waals surface area contributed by atoms with Crippen LogP contribution in [0, 0.1) is 0 Å². The maximum absolute atomic E-state index is 12.4. The number of carbonyl (C=O) groups excluding carboxylic acids is 1. The smallest absolute Gasteiger partial charge is 0.222 e. The van der Waals surface area contributed by atoms with E-state index in [1.807, 2.05) is 0 Å². The number of hydrogen-bond donors (Lipinski definition) is 1. The molecule has 1 N–H and O–H groups in total. The highest BCUT2D eigenvalue weighted by molar-refractivity contribution is 7.09. The largest absolute Gasteiger partial charge is 0.338 e. The number of nitrogens with zero attached hydrogens (tertiary/aromatic N) is 1. The van der Waals surface area contributed by atoms with Crippen molar-refractivity contribution in [3.63, 3.8) is 0 Å². The molecule has 2 unspecified atom stereocenters. The van der Waals surface area contributed by atoms with Crippen molar-refractivity contribution >= 4 is 17.2 Å². The normalized spacial score (nSPS) is 26.3. The molecule has 2 fully saturated rings. The Kier molecular flexibility index (Phi) is 4.73. The fourth-order valence-electron chi connectivity index (χ4n) is 3.57. The van der Waals surface area contributed by atoms with Gasteiger partial charge in [-0.25, -0.2) is 0 Å². The molecule has 0 radical (unpaired) electrons. The van der Waals surface area contributed by atoms with E-state index < -0.39 is 0 Å². The summed E-state index contributed by atoms with van der Waals surface area (Å²) >= 11 is 1.79. The van der Waals surface area contributed by atoms with Crippen molar-refractivity contribution in [2.45, 2.75) is 57.0 Å². The zero-order chi connectivity index (χ0) is 13.8. The topological polar surface area (TPSA) is 32.3 Å². The van der Waals surface area contributed by atoms with Gasteiger partial charge in [0.1, 0.15) is 0 Å². The molecule has 0 aliphatic carbocycles. The SMILES string of the molecule is O=C(CCCc1cccs1)N1CCCC1C1CCCN1. The maximum Gasteiger partial charge on any atom is 0.222 e. The zero-order valence-corrected chi connectivity index (χ0v) is 12.8. The summed E-state index contributed by atoms with van der Waals surface area (Å²) in [5.74, 6) is 0.373. The van der Waals surface area contributed by atoms with Crippen molar-refractivity contribution in [1.82, 2.24) is 10.2 Å². The average Bonchev–Trinajstić information content (AvgIpc) is 3.19. The number of carbonyl (C=O) groups is 1. The predicted octanol–water partition coefficient (Wildman–Crippen LogP) is 2.81. The van der Waals surface area contributed by atoms with Gasteiger partial charge in [-0.1, -0.05) is 6.07 Å². The van der Waals surface area contributed by atoms with E-state index in [0.717, 1.165) is 25.9 Å². The summed E-state index contributed by atoms with van der Waals surface area (Å²) in [5, 5.41) is 5.68. The number of rotatable bonds is 5. The molecule has 1 amide bonds. The Hall–Kier alpha value is -0.870. The van der Waals surface area contributed by atoms with Gasteiger partial charge in [0.05, 0.1) is 0 Å². The van der Waals surface area contributed by atoms with E-state index in [9.17, 15) is 4.79 Å². The number of hydrogen-bond acceptors (Lipinski definition) is 3. The Labute approximate surface area is 125 Å². The van der Waals surface area contributed by atoms with Crippen LogP contribution in [0.1, 0.15) is 43.4 Å². The van der Waals surface area contributed by atoms with Gasteiger partial charge >= 0.3 is 0 Å². The second kappa shape index (κ2) is 6.72. The van der Waals surface area contributed by atoms with E-state index in [2.05, 4.69) is 27.7 Å². The monoisotopic (exact) mass is 292 g/mol. The Morgan fingerprint density at radius 3 is 3.10 bits per heavy atom. The van der Waals surface area contributed by atoms with Crippen LogP contribution in [0.5, 0.6) is 0 Å². The second-order valence-corrected chi connectivity index (χ2v) is 6.96. The lowest BCUT2D eigenvalue weighted by Gasteiger charge is -2.29. The van der Waals surface area contributed by atoms with Gasteiger partial charge < -0.3 is 10.2 Å². The summed E-state index contributed by atoms with van der Waals surface area (Å²) in [5.41, 5.74) is 0. The fourth-order valence-corrected chi connectivity index (χ4v) is 4.32. The molecule has 4 heteroatoms. The van der Waals surface area contributed by atoms with Crippen LogP contribution in [-0.2, 0) is 11.2 Å². The average molecular weight is 292 g/mol. The first-order valence-electron chi connectivity index (χ1n) is 7.90. The van der Waals surface area contributed by atoms with Gasteiger partial charge in [0, 0.05) is 29.9 Å². The first kappa shape index (κ1) is 14.1. The number of amides is 1. The van der Waals surface area contributed by atoms with Gasteiger partial charge in [0.2, 0.25) is 5.91 Å². The Balaban J connectivity index is 1.48. The van der Waals surface area contributed by atoms with E-state index in [-0.39, 0.29) is 0 Å². The fraction of sp³-hybridized carbons (Fsp3) is 0.688. The molecule has 2 atom stereocenters. The molecule has 0 aromatic carbocycles. The summed E-state index contributed by atoms with van der Waals surface area (Å²) in [6.07, 6.45) is 7.62. The van der Waals surface area contributed by atoms with Crippen LogP contribution in [0.3, 0.4) is 0 Å². The first-order chi connectivity index (χ1) is 9.84. The molecule has 1 aromatic heterocycles. The van der Waals surface area contributed by atoms with Gasteiger partial charge in [0.15, 0.2) is 0 Å². The Bertz CT molecular complexity index is 426. The van der Waals surface area contributed by atoms with Crippen LogP contribution in [-0.4, -0.2) is 36.0 Å². The van der Waals surface area contributed by atoms with Gasteiger partial charge in [-0.15, -0.1) is 11.3 Å². The van der Waals surface area contributed by atoms with Gasteiger partial charge in [-0.3, -0.25) is 4.79 Å². The Morgan fingerprint density at radius 2 is 2.35 bits per heavy atom. The lowest BCUT2D eigenvalue weighted by atomic mass is 10.0. The summed E-state index contributed by atoms with van der Waals surface area (Å²) < 4.78 is 0. The third-order valence-electron chi connectivity index (χ3n) is 4.58. The van der Waals surface area contributed by atoms with Crippen molar-refractivity contribution in [3.05, 3.63) is 22.4 Å². The molecule has 20 heavy (non-hydrogen) atoms. The molecule has 2 aliphatic rings. The number of likely N-dealkylation sites (tertiary alicyclic amines) is 1. The molecule has 0 saturated carbocycles. The highest BCUT2D eigenvalue weighted by atomic mass is 32.1. The van der Waals surface area contributed by atoms with Crippen LogP contribution in [0.15, 0.2) is 17.5 Å². The third-order valence-corrected chi connectivity index (χ3v) is 5.51. The van der Waals surface area contributed by atoms with Gasteiger partial charge in [-0.05, 0) is 56.5 Å². The predicted molar refractivity (Wildman–Crippen MR) is 83.0 cm³/mol. The molecule has 3 rings (SSSR count). The van der Waals surface area contributed by atoms with Crippen LogP contribution in [0.2, 0.25) is 0 Å². The Morgan fingerprint density at radius 1 is 1.40 bits per heavy atom. The van der Waals surface area contributed by atoms with Crippen molar-refractivity contribution < 1.29 is 4.79 Å². The van der Waals surface area contributed by atoms with Gasteiger partial charge in [0.25, 0.3) is 0 Å². The zero-order valence-electron chi connectivity index (χ0n) is 12.0. The summed E-state index contributed by atoms with van der Waals surface area (Å²) in [4.78, 5) is 16.0. The molecule has 110 valence electrons. The molecule has 3 heterocycles. The minimum absolute atomic E-state index is 0.373. The number of thiophene rings is 1. The molecule has 0 spiro atoms. The van der Waals surface area contributed by atoms with Crippen LogP contribution in [0.25, 0.3) is 0 Å². The maximum atomic E-state index is 12.4. The van der Waals surface area contributed by atoms with E-state index in [4.69, 9.17) is 0 Å². The molecule has 3 nitrogen and oxygen atoms in total. The molecule has 1 aromatic rings. The summed E-state index contributed by atoms with van der Waals surface area (Å²) in [7, 11) is 0. The highest BCUT2D eigenvalue weighted by Gasteiger charge is 2.35. The lowest BCUT2D eigenvalue weighted by molar-refractivity contribution is -0.132. The van der Waals surface area contributed by atoms with E-state index in [0.29, 0.717) is 24.4 Å². The summed E-state index contributed by atoms with van der Waals surface area (Å²) in [6.45, 7) is 2.10. The first-order valence-corrected chi connectivity index (χ1v) is 8.78. The summed E-state index contributed by atoms with van der Waals surface area (Å²) in [6, 6.07) is 5.27.